The van der Waals surface area contributed by atoms with Crippen LogP contribution in [0.25, 0.3) is 0 Å². The minimum absolute atomic E-state index is 0.354. The molecule has 0 aromatic carbocycles. The zero-order valence-electron chi connectivity index (χ0n) is 11.0. The van der Waals surface area contributed by atoms with Crippen LogP contribution in [0.2, 0.25) is 0 Å². The quantitative estimate of drug-likeness (QED) is 0.906. The Bertz CT molecular complexity index is 387. The normalized spacial score (nSPS) is 28.3. The molecule has 0 amide bonds. The van der Waals surface area contributed by atoms with Crippen LogP contribution in [0.4, 0.5) is 0 Å². The summed E-state index contributed by atoms with van der Waals surface area (Å²) in [4.78, 5) is 4.09. The highest BCUT2D eigenvalue weighted by molar-refractivity contribution is 7.10. The third-order valence-electron chi connectivity index (χ3n) is 4.05. The summed E-state index contributed by atoms with van der Waals surface area (Å²) in [7, 11) is 2.25. The Morgan fingerprint density at radius 1 is 1.56 bits per heavy atom. The van der Waals surface area contributed by atoms with E-state index in [2.05, 4.69) is 28.7 Å². The zero-order valence-corrected chi connectivity index (χ0v) is 11.8. The fourth-order valence-corrected chi connectivity index (χ4v) is 4.09. The van der Waals surface area contributed by atoms with Gasteiger partial charge in [0.2, 0.25) is 0 Å². The van der Waals surface area contributed by atoms with Gasteiger partial charge in [0.15, 0.2) is 0 Å². The van der Waals surface area contributed by atoms with Gasteiger partial charge >= 0.3 is 0 Å². The molecule has 100 valence electrons. The molecule has 1 aliphatic carbocycles. The van der Waals surface area contributed by atoms with Gasteiger partial charge in [-0.25, -0.2) is 0 Å². The molecule has 2 aliphatic rings. The van der Waals surface area contributed by atoms with Gasteiger partial charge in [-0.15, -0.1) is 11.3 Å². The lowest BCUT2D eigenvalue weighted by atomic mass is 9.93. The molecule has 0 spiro atoms. The van der Waals surface area contributed by atoms with Crippen molar-refractivity contribution in [2.45, 2.75) is 31.4 Å². The molecule has 0 radical (unpaired) electrons. The molecule has 4 heteroatoms. The summed E-state index contributed by atoms with van der Waals surface area (Å²) in [6.45, 7) is 3.88. The summed E-state index contributed by atoms with van der Waals surface area (Å²) in [5.41, 5.74) is 1.57. The van der Waals surface area contributed by atoms with E-state index < -0.39 is 0 Å². The molecule has 18 heavy (non-hydrogen) atoms. The molecule has 1 fully saturated rings. The van der Waals surface area contributed by atoms with E-state index in [1.165, 1.54) is 19.3 Å². The van der Waals surface area contributed by atoms with Crippen LogP contribution in [0.1, 0.15) is 29.3 Å². The molecule has 1 N–H and O–H groups in total. The van der Waals surface area contributed by atoms with E-state index in [4.69, 9.17) is 4.74 Å². The second kappa shape index (κ2) is 5.70. The van der Waals surface area contributed by atoms with Crippen LogP contribution in [-0.2, 0) is 11.2 Å². The lowest BCUT2D eigenvalue weighted by Gasteiger charge is -2.35. The number of rotatable bonds is 3. The number of ether oxygens (including phenoxy) is 1. The highest BCUT2D eigenvalue weighted by atomic mass is 32.1. The average molecular weight is 266 g/mol. The number of fused-ring (bicyclic) bond motifs is 1. The summed E-state index contributed by atoms with van der Waals surface area (Å²) in [5.74, 6) is 0. The SMILES string of the molecule is CN(CC1CNCCO1)C1CCCc2sccc21. The Morgan fingerprint density at radius 3 is 3.33 bits per heavy atom. The molecule has 0 bridgehead atoms. The average Bonchev–Trinajstić information content (AvgIpc) is 2.87. The maximum absolute atomic E-state index is 5.81. The monoisotopic (exact) mass is 266 g/mol. The third kappa shape index (κ3) is 2.62. The molecule has 2 unspecified atom stereocenters. The Morgan fingerprint density at radius 2 is 2.50 bits per heavy atom. The molecular formula is C14H22N2OS. The van der Waals surface area contributed by atoms with Crippen LogP contribution in [0, 0.1) is 0 Å². The second-order valence-corrected chi connectivity index (χ2v) is 6.34. The Kier molecular flexibility index (Phi) is 3.99. The molecule has 3 rings (SSSR count). The Balaban J connectivity index is 1.64. The van der Waals surface area contributed by atoms with Crippen LogP contribution in [0.3, 0.4) is 0 Å². The van der Waals surface area contributed by atoms with Crippen molar-refractivity contribution in [2.24, 2.45) is 0 Å². The fraction of sp³-hybridized carbons (Fsp3) is 0.714. The lowest BCUT2D eigenvalue weighted by molar-refractivity contribution is 0.00129. The second-order valence-electron chi connectivity index (χ2n) is 5.34. The molecule has 1 aliphatic heterocycles. The molecule has 1 saturated heterocycles. The van der Waals surface area contributed by atoms with Crippen molar-refractivity contribution in [3.8, 4) is 0 Å². The van der Waals surface area contributed by atoms with E-state index in [0.717, 1.165) is 26.2 Å². The predicted octanol–water partition coefficient (Wildman–Crippen LogP) is 2.05. The highest BCUT2D eigenvalue weighted by Crippen LogP contribution is 2.36. The van der Waals surface area contributed by atoms with Gasteiger partial charge < -0.3 is 10.1 Å². The first-order chi connectivity index (χ1) is 8.84. The van der Waals surface area contributed by atoms with Crippen molar-refractivity contribution in [1.29, 1.82) is 0 Å². The van der Waals surface area contributed by atoms with Crippen LogP contribution in [0.5, 0.6) is 0 Å². The molecule has 2 heterocycles. The summed E-state index contributed by atoms with van der Waals surface area (Å²) in [6.07, 6.45) is 4.25. The van der Waals surface area contributed by atoms with Gasteiger partial charge in [-0.3, -0.25) is 4.90 Å². The van der Waals surface area contributed by atoms with Crippen molar-refractivity contribution in [2.75, 3.05) is 33.3 Å². The summed E-state index contributed by atoms with van der Waals surface area (Å²) >= 11 is 1.92. The molecule has 1 aromatic heterocycles. The highest BCUT2D eigenvalue weighted by Gasteiger charge is 2.26. The van der Waals surface area contributed by atoms with Gasteiger partial charge in [0, 0.05) is 30.6 Å². The van der Waals surface area contributed by atoms with Gasteiger partial charge in [-0.1, -0.05) is 0 Å². The van der Waals surface area contributed by atoms with Crippen molar-refractivity contribution in [3.63, 3.8) is 0 Å². The molecular weight excluding hydrogens is 244 g/mol. The van der Waals surface area contributed by atoms with Crippen molar-refractivity contribution in [1.82, 2.24) is 10.2 Å². The number of hydrogen-bond acceptors (Lipinski definition) is 4. The number of morpholine rings is 1. The van der Waals surface area contributed by atoms with Crippen molar-refractivity contribution >= 4 is 11.3 Å². The topological polar surface area (TPSA) is 24.5 Å². The number of aryl methyl sites for hydroxylation is 1. The number of hydrogen-bond donors (Lipinski definition) is 1. The first-order valence-corrected chi connectivity index (χ1v) is 7.81. The van der Waals surface area contributed by atoms with Crippen LogP contribution < -0.4 is 5.32 Å². The van der Waals surface area contributed by atoms with Crippen LogP contribution in [-0.4, -0.2) is 44.3 Å². The first-order valence-electron chi connectivity index (χ1n) is 6.93. The van der Waals surface area contributed by atoms with E-state index in [-0.39, 0.29) is 0 Å². The van der Waals surface area contributed by atoms with Gasteiger partial charge in [0.1, 0.15) is 0 Å². The molecule has 2 atom stereocenters. The molecule has 0 saturated carbocycles. The smallest absolute Gasteiger partial charge is 0.0826 e. The summed E-state index contributed by atoms with van der Waals surface area (Å²) in [6, 6.07) is 2.92. The molecule has 3 nitrogen and oxygen atoms in total. The van der Waals surface area contributed by atoms with Crippen molar-refractivity contribution < 1.29 is 4.74 Å². The van der Waals surface area contributed by atoms with E-state index in [1.807, 2.05) is 11.3 Å². The third-order valence-corrected chi connectivity index (χ3v) is 5.04. The minimum Gasteiger partial charge on any atom is -0.374 e. The van der Waals surface area contributed by atoms with E-state index in [0.29, 0.717) is 12.1 Å². The van der Waals surface area contributed by atoms with E-state index in [1.54, 1.807) is 10.4 Å². The first kappa shape index (κ1) is 12.6. The van der Waals surface area contributed by atoms with Crippen LogP contribution >= 0.6 is 11.3 Å². The van der Waals surface area contributed by atoms with Gasteiger partial charge in [-0.05, 0) is 43.3 Å². The van der Waals surface area contributed by atoms with Crippen molar-refractivity contribution in [3.05, 3.63) is 21.9 Å². The van der Waals surface area contributed by atoms with Gasteiger partial charge in [0.25, 0.3) is 0 Å². The number of nitrogens with one attached hydrogen (secondary N) is 1. The largest absolute Gasteiger partial charge is 0.374 e. The Labute approximate surface area is 113 Å². The van der Waals surface area contributed by atoms with E-state index >= 15 is 0 Å². The fourth-order valence-electron chi connectivity index (χ4n) is 3.11. The predicted molar refractivity (Wildman–Crippen MR) is 75.2 cm³/mol. The summed E-state index contributed by atoms with van der Waals surface area (Å²) in [5, 5.41) is 5.65. The van der Waals surface area contributed by atoms with Gasteiger partial charge in [-0.2, -0.15) is 0 Å². The maximum atomic E-state index is 5.81. The number of likely N-dealkylation sites (N-methyl/N-ethyl adjacent to an activating group) is 1. The van der Waals surface area contributed by atoms with E-state index in [9.17, 15) is 0 Å². The van der Waals surface area contributed by atoms with Crippen LogP contribution in [0.15, 0.2) is 11.4 Å². The standard InChI is InChI=1S/C14H22N2OS/c1-16(10-11-9-15-6-7-17-11)13-3-2-4-14-12(13)5-8-18-14/h5,8,11,13,15H,2-4,6-7,9-10H2,1H3. The lowest BCUT2D eigenvalue weighted by Crippen LogP contribution is -2.45. The zero-order chi connectivity index (χ0) is 12.4. The minimum atomic E-state index is 0.354. The van der Waals surface area contributed by atoms with Gasteiger partial charge in [0.05, 0.1) is 12.7 Å². The number of thiophene rings is 1. The Hall–Kier alpha value is -0.420. The summed E-state index contributed by atoms with van der Waals surface area (Å²) < 4.78 is 5.81. The number of nitrogens with zero attached hydrogens (tertiary/aromatic N) is 1. The molecule has 1 aromatic rings. The maximum Gasteiger partial charge on any atom is 0.0826 e.